The second-order valence-corrected chi connectivity index (χ2v) is 12.5. The van der Waals surface area contributed by atoms with Crippen LogP contribution in [0.5, 0.6) is 5.75 Å². The number of hydrogen-bond acceptors (Lipinski definition) is 1. The van der Waals surface area contributed by atoms with Crippen molar-refractivity contribution in [3.63, 3.8) is 0 Å². The highest BCUT2D eigenvalue weighted by atomic mass is 28.3. The van der Waals surface area contributed by atoms with Gasteiger partial charge in [-0.05, 0) is 41.0 Å². The fourth-order valence-corrected chi connectivity index (χ4v) is 10.9. The Labute approximate surface area is 123 Å². The molecule has 0 saturated heterocycles. The lowest BCUT2D eigenvalue weighted by atomic mass is 10.2. The molecule has 0 aliphatic heterocycles. The summed E-state index contributed by atoms with van der Waals surface area (Å²) >= 11 is 0. The molecule has 0 aliphatic rings. The van der Waals surface area contributed by atoms with E-state index in [9.17, 15) is 5.11 Å². The van der Waals surface area contributed by atoms with Crippen molar-refractivity contribution < 1.29 is 5.11 Å². The predicted octanol–water partition coefficient (Wildman–Crippen LogP) is 5.37. The van der Waals surface area contributed by atoms with E-state index in [0.717, 1.165) is 5.39 Å². The molecule has 0 amide bonds. The fraction of sp³-hybridized carbons (Fsp3) is 0.529. The molecule has 0 bridgehead atoms. The molecule has 2 aromatic rings. The standard InChI is InChI=1S/C17H27NOSi/c1-12(2)20(13(3)4,14(5)6)18-11-10-15-16(18)8-7-9-17(15)19/h7-14,19H,1-6H3. The van der Waals surface area contributed by atoms with Crippen LogP contribution in [0, 0.1) is 0 Å². The van der Waals surface area contributed by atoms with Crippen molar-refractivity contribution in [3.8, 4) is 5.75 Å². The zero-order valence-corrected chi connectivity index (χ0v) is 14.5. The summed E-state index contributed by atoms with van der Waals surface area (Å²) in [6, 6.07) is 7.94. The highest BCUT2D eigenvalue weighted by Crippen LogP contribution is 2.44. The van der Waals surface area contributed by atoms with Crippen molar-refractivity contribution >= 4 is 19.1 Å². The minimum Gasteiger partial charge on any atom is -0.507 e. The van der Waals surface area contributed by atoms with Crippen LogP contribution < -0.4 is 0 Å². The number of hydrogen-bond donors (Lipinski definition) is 1. The van der Waals surface area contributed by atoms with Crippen LogP contribution in [0.15, 0.2) is 30.5 Å². The molecular weight excluding hydrogens is 262 g/mol. The first-order chi connectivity index (χ1) is 9.33. The van der Waals surface area contributed by atoms with Crippen LogP contribution in [0.1, 0.15) is 41.5 Å². The molecule has 0 radical (unpaired) electrons. The molecule has 0 unspecified atom stereocenters. The Morgan fingerprint density at radius 3 is 1.95 bits per heavy atom. The zero-order valence-electron chi connectivity index (χ0n) is 13.5. The molecule has 0 atom stereocenters. The molecule has 0 aliphatic carbocycles. The van der Waals surface area contributed by atoms with Crippen LogP contribution in [0.2, 0.25) is 16.6 Å². The van der Waals surface area contributed by atoms with Gasteiger partial charge in [0.05, 0.1) is 0 Å². The Kier molecular flexibility index (Phi) is 4.01. The number of phenols is 1. The fourth-order valence-electron chi connectivity index (χ4n) is 4.32. The summed E-state index contributed by atoms with van der Waals surface area (Å²) in [7, 11) is -1.73. The number of benzene rings is 1. The van der Waals surface area contributed by atoms with Crippen molar-refractivity contribution in [2.75, 3.05) is 0 Å². The summed E-state index contributed by atoms with van der Waals surface area (Å²) in [5.41, 5.74) is 3.15. The van der Waals surface area contributed by atoms with Crippen molar-refractivity contribution in [2.24, 2.45) is 0 Å². The van der Waals surface area contributed by atoms with Crippen molar-refractivity contribution in [1.82, 2.24) is 4.23 Å². The monoisotopic (exact) mass is 289 g/mol. The summed E-state index contributed by atoms with van der Waals surface area (Å²) in [5.74, 6) is 0.389. The quantitative estimate of drug-likeness (QED) is 0.752. The van der Waals surface area contributed by atoms with Gasteiger partial charge in [0.1, 0.15) is 5.75 Å². The zero-order chi connectivity index (χ0) is 15.1. The minimum atomic E-state index is -1.73. The molecule has 1 heterocycles. The topological polar surface area (TPSA) is 25.2 Å². The smallest absolute Gasteiger partial charge is 0.169 e. The first-order valence-corrected chi connectivity index (χ1v) is 9.80. The van der Waals surface area contributed by atoms with E-state index in [4.69, 9.17) is 0 Å². The van der Waals surface area contributed by atoms with Gasteiger partial charge < -0.3 is 9.34 Å². The SMILES string of the molecule is CC(C)[Si](C(C)C)(C(C)C)n1ccc2c(O)cccc21. The molecular formula is C17H27NOSi. The van der Waals surface area contributed by atoms with E-state index in [1.54, 1.807) is 6.07 Å². The Morgan fingerprint density at radius 1 is 0.900 bits per heavy atom. The Balaban J connectivity index is 2.79. The predicted molar refractivity (Wildman–Crippen MR) is 90.0 cm³/mol. The number of aromatic hydroxyl groups is 1. The molecule has 2 rings (SSSR count). The second kappa shape index (κ2) is 5.28. The van der Waals surface area contributed by atoms with Gasteiger partial charge in [-0.1, -0.05) is 47.6 Å². The Bertz CT molecular complexity index is 576. The molecule has 0 spiro atoms. The summed E-state index contributed by atoms with van der Waals surface area (Å²) in [6.07, 6.45) is 2.20. The maximum atomic E-state index is 10.1. The van der Waals surface area contributed by atoms with E-state index < -0.39 is 8.24 Å². The largest absolute Gasteiger partial charge is 0.507 e. The van der Waals surface area contributed by atoms with Gasteiger partial charge in [-0.15, -0.1) is 0 Å². The number of phenolic OH excluding ortho intramolecular Hbond substituents is 1. The average molecular weight is 289 g/mol. The Morgan fingerprint density at radius 2 is 1.45 bits per heavy atom. The van der Waals surface area contributed by atoms with Gasteiger partial charge in [0, 0.05) is 10.9 Å². The first-order valence-electron chi connectivity index (χ1n) is 7.63. The van der Waals surface area contributed by atoms with Crippen molar-refractivity contribution in [3.05, 3.63) is 30.5 Å². The van der Waals surface area contributed by atoms with E-state index in [-0.39, 0.29) is 0 Å². The lowest BCUT2D eigenvalue weighted by Crippen LogP contribution is -2.51. The molecule has 2 nitrogen and oxygen atoms in total. The van der Waals surface area contributed by atoms with Crippen LogP contribution in [0.3, 0.4) is 0 Å². The number of nitrogens with zero attached hydrogens (tertiary/aromatic N) is 1. The van der Waals surface area contributed by atoms with E-state index >= 15 is 0 Å². The van der Waals surface area contributed by atoms with Crippen molar-refractivity contribution in [1.29, 1.82) is 0 Å². The average Bonchev–Trinajstić information content (AvgIpc) is 2.74. The molecule has 3 heteroatoms. The van der Waals surface area contributed by atoms with Gasteiger partial charge in [-0.25, -0.2) is 0 Å². The number of rotatable bonds is 4. The maximum absolute atomic E-state index is 10.1. The van der Waals surface area contributed by atoms with Crippen LogP contribution in [-0.2, 0) is 0 Å². The van der Waals surface area contributed by atoms with Crippen LogP contribution in [0.25, 0.3) is 10.9 Å². The van der Waals surface area contributed by atoms with Gasteiger partial charge >= 0.3 is 0 Å². The number of fused-ring (bicyclic) bond motifs is 1. The lowest BCUT2D eigenvalue weighted by Gasteiger charge is -2.44. The van der Waals surface area contributed by atoms with Gasteiger partial charge in [-0.2, -0.15) is 0 Å². The molecule has 20 heavy (non-hydrogen) atoms. The molecule has 1 N–H and O–H groups in total. The van der Waals surface area contributed by atoms with E-state index in [0.29, 0.717) is 22.4 Å². The van der Waals surface area contributed by atoms with E-state index in [1.807, 2.05) is 6.07 Å². The third-order valence-electron chi connectivity index (χ3n) is 4.90. The van der Waals surface area contributed by atoms with Gasteiger partial charge in [0.25, 0.3) is 0 Å². The summed E-state index contributed by atoms with van der Waals surface area (Å²) in [5, 5.41) is 11.0. The lowest BCUT2D eigenvalue weighted by molar-refractivity contribution is 0.481. The normalized spacial score (nSPS) is 13.1. The second-order valence-electron chi connectivity index (χ2n) is 6.75. The third kappa shape index (κ3) is 1.99. The third-order valence-corrected chi connectivity index (χ3v) is 11.7. The van der Waals surface area contributed by atoms with Gasteiger partial charge in [-0.3, -0.25) is 0 Å². The highest BCUT2D eigenvalue weighted by molar-refractivity contribution is 6.82. The van der Waals surface area contributed by atoms with Gasteiger partial charge in [0.2, 0.25) is 0 Å². The van der Waals surface area contributed by atoms with E-state index in [1.165, 1.54) is 5.52 Å². The Hall–Kier alpha value is -1.22. The number of aromatic nitrogens is 1. The summed E-state index contributed by atoms with van der Waals surface area (Å²) in [6.45, 7) is 14.2. The molecule has 1 aromatic heterocycles. The highest BCUT2D eigenvalue weighted by Gasteiger charge is 2.45. The van der Waals surface area contributed by atoms with Gasteiger partial charge in [0.15, 0.2) is 8.24 Å². The molecule has 1 aromatic carbocycles. The van der Waals surface area contributed by atoms with Crippen LogP contribution in [0.4, 0.5) is 0 Å². The first kappa shape index (κ1) is 15.2. The van der Waals surface area contributed by atoms with Crippen molar-refractivity contribution in [2.45, 2.75) is 58.2 Å². The molecule has 110 valence electrons. The summed E-state index contributed by atoms with van der Waals surface area (Å²) in [4.78, 5) is 0. The van der Waals surface area contributed by atoms with Crippen LogP contribution in [-0.4, -0.2) is 17.6 Å². The molecule has 0 saturated carbocycles. The molecule has 0 fully saturated rings. The summed E-state index contributed by atoms with van der Waals surface area (Å²) < 4.78 is 2.53. The minimum absolute atomic E-state index is 0.389. The van der Waals surface area contributed by atoms with Crippen LogP contribution >= 0.6 is 0 Å². The maximum Gasteiger partial charge on any atom is 0.169 e. The van der Waals surface area contributed by atoms with E-state index in [2.05, 4.69) is 64.1 Å².